The number of hydrogen-bond donors (Lipinski definition) is 1. The molecule has 78 valence electrons. The van der Waals surface area contributed by atoms with Gasteiger partial charge in [0, 0.05) is 12.8 Å². The molecule has 0 atom stereocenters. The molecular formula is C7H14BrNO3S. The van der Waals surface area contributed by atoms with Gasteiger partial charge in [0.25, 0.3) is 0 Å². The van der Waals surface area contributed by atoms with Gasteiger partial charge in [0.2, 0.25) is 5.91 Å². The standard InChI is InChI=1S/C7H14BrNO3S/c1-7(2,13(3,11)12)5-9-6(10)4-8/h4-5H2,1-3H3,(H,9,10). The average Bonchev–Trinajstić information content (AvgIpc) is 1.98. The lowest BCUT2D eigenvalue weighted by Crippen LogP contribution is -2.44. The minimum Gasteiger partial charge on any atom is -0.354 e. The lowest BCUT2D eigenvalue weighted by Gasteiger charge is -2.22. The Morgan fingerprint density at radius 1 is 1.46 bits per heavy atom. The van der Waals surface area contributed by atoms with Gasteiger partial charge in [-0.25, -0.2) is 8.42 Å². The van der Waals surface area contributed by atoms with E-state index in [1.54, 1.807) is 13.8 Å². The number of rotatable bonds is 4. The van der Waals surface area contributed by atoms with Crippen LogP contribution in [0.25, 0.3) is 0 Å². The van der Waals surface area contributed by atoms with Crippen molar-refractivity contribution in [1.29, 1.82) is 0 Å². The zero-order valence-corrected chi connectivity index (χ0v) is 10.3. The summed E-state index contributed by atoms with van der Waals surface area (Å²) in [7, 11) is -3.14. The highest BCUT2D eigenvalue weighted by molar-refractivity contribution is 9.09. The number of alkyl halides is 1. The van der Waals surface area contributed by atoms with Gasteiger partial charge < -0.3 is 5.32 Å². The predicted molar refractivity (Wildman–Crippen MR) is 55.7 cm³/mol. The second-order valence-electron chi connectivity index (χ2n) is 3.44. The van der Waals surface area contributed by atoms with Crippen molar-refractivity contribution < 1.29 is 13.2 Å². The maximum atomic E-state index is 11.2. The van der Waals surface area contributed by atoms with Crippen LogP contribution in [0.4, 0.5) is 0 Å². The number of halogens is 1. The van der Waals surface area contributed by atoms with Gasteiger partial charge in [-0.3, -0.25) is 4.79 Å². The van der Waals surface area contributed by atoms with Crippen LogP contribution >= 0.6 is 15.9 Å². The number of carbonyl (C=O) groups is 1. The summed E-state index contributed by atoms with van der Waals surface area (Å²) in [6, 6.07) is 0. The Hall–Kier alpha value is -0.100. The highest BCUT2D eigenvalue weighted by Gasteiger charge is 2.30. The molecule has 13 heavy (non-hydrogen) atoms. The van der Waals surface area contributed by atoms with Crippen molar-refractivity contribution in [1.82, 2.24) is 5.32 Å². The first kappa shape index (κ1) is 12.9. The van der Waals surface area contributed by atoms with Crippen molar-refractivity contribution in [3.63, 3.8) is 0 Å². The van der Waals surface area contributed by atoms with Crippen molar-refractivity contribution in [3.8, 4) is 0 Å². The molecule has 0 radical (unpaired) electrons. The molecule has 0 aliphatic carbocycles. The molecule has 0 aromatic heterocycles. The summed E-state index contributed by atoms with van der Waals surface area (Å²) < 4.78 is 21.5. The Labute approximate surface area is 87.1 Å². The number of hydrogen-bond acceptors (Lipinski definition) is 3. The average molecular weight is 272 g/mol. The summed E-state index contributed by atoms with van der Waals surface area (Å²) in [5.41, 5.74) is 0. The Bertz CT molecular complexity index is 284. The molecule has 0 aliphatic heterocycles. The highest BCUT2D eigenvalue weighted by Crippen LogP contribution is 2.13. The zero-order chi connectivity index (χ0) is 10.7. The molecule has 1 amide bonds. The van der Waals surface area contributed by atoms with Crippen LogP contribution in [0, 0.1) is 0 Å². The number of carbonyl (C=O) groups excluding carboxylic acids is 1. The largest absolute Gasteiger partial charge is 0.354 e. The molecule has 1 N–H and O–H groups in total. The van der Waals surface area contributed by atoms with Gasteiger partial charge >= 0.3 is 0 Å². The lowest BCUT2D eigenvalue weighted by molar-refractivity contribution is -0.118. The summed E-state index contributed by atoms with van der Waals surface area (Å²) in [4.78, 5) is 10.8. The Balaban J connectivity index is 4.29. The lowest BCUT2D eigenvalue weighted by atomic mass is 10.2. The third kappa shape index (κ3) is 4.08. The van der Waals surface area contributed by atoms with Gasteiger partial charge in [0.05, 0.1) is 10.1 Å². The smallest absolute Gasteiger partial charge is 0.230 e. The first-order chi connectivity index (χ1) is 5.70. The normalized spacial score (nSPS) is 12.6. The first-order valence-corrected chi connectivity index (χ1v) is 6.74. The summed E-state index contributed by atoms with van der Waals surface area (Å²) in [6.45, 7) is 3.30. The summed E-state index contributed by atoms with van der Waals surface area (Å²) in [6.07, 6.45) is 1.16. The molecule has 0 aromatic carbocycles. The molecule has 4 nitrogen and oxygen atoms in total. The third-order valence-corrected chi connectivity index (χ3v) is 4.50. The maximum Gasteiger partial charge on any atom is 0.230 e. The van der Waals surface area contributed by atoms with Crippen LogP contribution in [-0.4, -0.2) is 37.2 Å². The summed E-state index contributed by atoms with van der Waals surface area (Å²) >= 11 is 2.97. The van der Waals surface area contributed by atoms with Crippen molar-refractivity contribution in [2.45, 2.75) is 18.6 Å². The van der Waals surface area contributed by atoms with Crippen LogP contribution in [0.15, 0.2) is 0 Å². The Morgan fingerprint density at radius 3 is 2.23 bits per heavy atom. The van der Waals surface area contributed by atoms with Crippen LogP contribution in [0.5, 0.6) is 0 Å². The molecule has 0 bridgehead atoms. The monoisotopic (exact) mass is 271 g/mol. The van der Waals surface area contributed by atoms with E-state index in [4.69, 9.17) is 0 Å². The maximum absolute atomic E-state index is 11.2. The van der Waals surface area contributed by atoms with E-state index < -0.39 is 14.6 Å². The number of nitrogens with one attached hydrogen (secondary N) is 1. The molecule has 0 rings (SSSR count). The molecule has 0 heterocycles. The van der Waals surface area contributed by atoms with Gasteiger partial charge in [0.15, 0.2) is 9.84 Å². The van der Waals surface area contributed by atoms with Crippen LogP contribution in [0.2, 0.25) is 0 Å². The first-order valence-electron chi connectivity index (χ1n) is 3.73. The molecule has 0 aliphatic rings. The van der Waals surface area contributed by atoms with E-state index in [0.29, 0.717) is 0 Å². The second kappa shape index (κ2) is 4.41. The minimum atomic E-state index is -3.14. The number of sulfone groups is 1. The zero-order valence-electron chi connectivity index (χ0n) is 7.93. The van der Waals surface area contributed by atoms with E-state index in [9.17, 15) is 13.2 Å². The molecule has 0 fully saturated rings. The summed E-state index contributed by atoms with van der Waals surface area (Å²) in [5, 5.41) is 2.70. The topological polar surface area (TPSA) is 63.2 Å². The molecular weight excluding hydrogens is 258 g/mol. The Kier molecular flexibility index (Phi) is 4.38. The van der Waals surface area contributed by atoms with E-state index >= 15 is 0 Å². The Morgan fingerprint density at radius 2 is 1.92 bits per heavy atom. The van der Waals surface area contributed by atoms with Crippen LogP contribution in [0.3, 0.4) is 0 Å². The predicted octanol–water partition coefficient (Wildman–Crippen LogP) is 0.321. The minimum absolute atomic E-state index is 0.135. The quantitative estimate of drug-likeness (QED) is 0.750. The van der Waals surface area contributed by atoms with Gasteiger partial charge in [-0.05, 0) is 13.8 Å². The van der Waals surface area contributed by atoms with Crippen LogP contribution in [0.1, 0.15) is 13.8 Å². The van der Waals surface area contributed by atoms with E-state index in [0.717, 1.165) is 6.26 Å². The van der Waals surface area contributed by atoms with Gasteiger partial charge in [-0.2, -0.15) is 0 Å². The fourth-order valence-corrected chi connectivity index (χ4v) is 1.02. The van der Waals surface area contributed by atoms with Crippen molar-refractivity contribution >= 4 is 31.7 Å². The van der Waals surface area contributed by atoms with Crippen LogP contribution in [-0.2, 0) is 14.6 Å². The van der Waals surface area contributed by atoms with Crippen molar-refractivity contribution in [2.75, 3.05) is 18.1 Å². The highest BCUT2D eigenvalue weighted by atomic mass is 79.9. The molecule has 0 spiro atoms. The van der Waals surface area contributed by atoms with E-state index in [1.807, 2.05) is 0 Å². The van der Waals surface area contributed by atoms with Gasteiger partial charge in [0.1, 0.15) is 0 Å². The molecule has 0 saturated heterocycles. The van der Waals surface area contributed by atoms with Gasteiger partial charge in [-0.1, -0.05) is 15.9 Å². The van der Waals surface area contributed by atoms with E-state index in [-0.39, 0.29) is 17.8 Å². The van der Waals surface area contributed by atoms with E-state index in [2.05, 4.69) is 21.2 Å². The molecule has 6 heteroatoms. The summed E-state index contributed by atoms with van der Waals surface area (Å²) in [5.74, 6) is -0.211. The molecule has 0 aromatic rings. The fraction of sp³-hybridized carbons (Fsp3) is 0.857. The van der Waals surface area contributed by atoms with Crippen LogP contribution < -0.4 is 5.32 Å². The SMILES string of the molecule is CC(C)(CNC(=O)CBr)S(C)(=O)=O. The van der Waals surface area contributed by atoms with Gasteiger partial charge in [-0.15, -0.1) is 0 Å². The molecule has 0 unspecified atom stereocenters. The van der Waals surface area contributed by atoms with Crippen molar-refractivity contribution in [2.24, 2.45) is 0 Å². The second-order valence-corrected chi connectivity index (χ2v) is 6.65. The van der Waals surface area contributed by atoms with Crippen molar-refractivity contribution in [3.05, 3.63) is 0 Å². The third-order valence-electron chi connectivity index (χ3n) is 1.84. The molecule has 0 saturated carbocycles. The fourth-order valence-electron chi connectivity index (χ4n) is 0.490. The number of amides is 1. The van der Waals surface area contributed by atoms with E-state index in [1.165, 1.54) is 0 Å².